The van der Waals surface area contributed by atoms with Gasteiger partial charge in [-0.25, -0.2) is 0 Å². The molecule has 192 valence electrons. The first-order valence-corrected chi connectivity index (χ1v) is 13.3. The van der Waals surface area contributed by atoms with Gasteiger partial charge in [0.05, 0.1) is 11.0 Å². The molecule has 0 unspecified atom stereocenters. The van der Waals surface area contributed by atoms with Crippen molar-refractivity contribution in [2.75, 3.05) is 28.6 Å². The molecule has 8 heteroatoms. The summed E-state index contributed by atoms with van der Waals surface area (Å²) in [6.07, 6.45) is 1.27. The SMILES string of the molecule is O=C(Nc1ccc(C(=O)c2ccc(NC(=O)c3cccs3)cc2)cc1)c1ccc(N2CCC(O)CC2)cc1. The molecule has 0 aliphatic carbocycles. The summed E-state index contributed by atoms with van der Waals surface area (Å²) in [7, 11) is 0. The molecule has 0 bridgehead atoms. The van der Waals surface area contributed by atoms with Crippen LogP contribution >= 0.6 is 11.3 Å². The minimum absolute atomic E-state index is 0.153. The number of nitrogens with one attached hydrogen (secondary N) is 2. The number of rotatable bonds is 7. The van der Waals surface area contributed by atoms with Crippen molar-refractivity contribution in [2.45, 2.75) is 18.9 Å². The Morgan fingerprint density at radius 1 is 0.711 bits per heavy atom. The van der Waals surface area contributed by atoms with Gasteiger partial charge in [0.1, 0.15) is 0 Å². The van der Waals surface area contributed by atoms with Gasteiger partial charge < -0.3 is 20.6 Å². The highest BCUT2D eigenvalue weighted by molar-refractivity contribution is 7.12. The van der Waals surface area contributed by atoms with Crippen molar-refractivity contribution >= 4 is 46.0 Å². The van der Waals surface area contributed by atoms with Crippen molar-refractivity contribution in [3.05, 3.63) is 112 Å². The van der Waals surface area contributed by atoms with Gasteiger partial charge in [-0.3, -0.25) is 14.4 Å². The van der Waals surface area contributed by atoms with Gasteiger partial charge in [0.2, 0.25) is 0 Å². The lowest BCUT2D eigenvalue weighted by Crippen LogP contribution is -2.35. The third-order valence-electron chi connectivity index (χ3n) is 6.51. The second kappa shape index (κ2) is 11.4. The molecule has 38 heavy (non-hydrogen) atoms. The first-order chi connectivity index (χ1) is 18.5. The van der Waals surface area contributed by atoms with Gasteiger partial charge in [-0.1, -0.05) is 6.07 Å². The number of nitrogens with zero attached hydrogens (tertiary/aromatic N) is 1. The zero-order valence-corrected chi connectivity index (χ0v) is 21.4. The minimum atomic E-state index is -0.232. The molecule has 3 N–H and O–H groups in total. The predicted octanol–water partition coefficient (Wildman–Crippen LogP) is 5.44. The molecule has 0 atom stereocenters. The van der Waals surface area contributed by atoms with Gasteiger partial charge in [-0.05, 0) is 97.1 Å². The van der Waals surface area contributed by atoms with E-state index < -0.39 is 0 Å². The van der Waals surface area contributed by atoms with Gasteiger partial charge in [0.25, 0.3) is 11.8 Å². The van der Waals surface area contributed by atoms with Crippen LogP contribution in [0, 0.1) is 0 Å². The van der Waals surface area contributed by atoms with E-state index in [0.717, 1.165) is 31.6 Å². The largest absolute Gasteiger partial charge is 0.393 e. The molecule has 0 saturated carbocycles. The number of carbonyl (C=O) groups is 3. The van der Waals surface area contributed by atoms with Gasteiger partial charge in [0, 0.05) is 46.8 Å². The van der Waals surface area contributed by atoms with E-state index in [9.17, 15) is 19.5 Å². The Morgan fingerprint density at radius 2 is 1.24 bits per heavy atom. The van der Waals surface area contributed by atoms with Crippen molar-refractivity contribution in [1.29, 1.82) is 0 Å². The first kappa shape index (κ1) is 25.4. The highest BCUT2D eigenvalue weighted by atomic mass is 32.1. The van der Waals surface area contributed by atoms with E-state index in [1.165, 1.54) is 11.3 Å². The summed E-state index contributed by atoms with van der Waals surface area (Å²) < 4.78 is 0. The van der Waals surface area contributed by atoms with Gasteiger partial charge >= 0.3 is 0 Å². The molecule has 1 saturated heterocycles. The Labute approximate surface area is 224 Å². The zero-order chi connectivity index (χ0) is 26.5. The maximum atomic E-state index is 12.9. The Bertz CT molecular complexity index is 1410. The van der Waals surface area contributed by atoms with E-state index in [-0.39, 0.29) is 23.7 Å². The van der Waals surface area contributed by atoms with E-state index in [2.05, 4.69) is 15.5 Å². The molecular weight excluding hydrogens is 498 g/mol. The van der Waals surface area contributed by atoms with E-state index >= 15 is 0 Å². The van der Waals surface area contributed by atoms with Crippen LogP contribution in [0.15, 0.2) is 90.3 Å². The van der Waals surface area contributed by atoms with Crippen molar-refractivity contribution < 1.29 is 19.5 Å². The summed E-state index contributed by atoms with van der Waals surface area (Å²) >= 11 is 1.36. The second-order valence-electron chi connectivity index (χ2n) is 9.13. The van der Waals surface area contributed by atoms with Crippen LogP contribution in [0.2, 0.25) is 0 Å². The van der Waals surface area contributed by atoms with Crippen LogP contribution in [0.1, 0.15) is 48.8 Å². The minimum Gasteiger partial charge on any atom is -0.393 e. The molecule has 3 aromatic carbocycles. The standard InChI is InChI=1S/C30H27N3O4S/c34-26-15-17-33(18-16-26)25-13-7-22(8-14-25)29(36)31-23-9-3-20(4-10-23)28(35)21-5-11-24(12-6-21)32-30(37)27-2-1-19-38-27/h1-14,19,26,34H,15-18H2,(H,31,36)(H,32,37). The van der Waals surface area contributed by atoms with Gasteiger partial charge in [-0.15, -0.1) is 11.3 Å². The number of piperidine rings is 1. The summed E-state index contributed by atoms with van der Waals surface area (Å²) in [6.45, 7) is 1.60. The van der Waals surface area contributed by atoms with Crippen LogP contribution in [-0.4, -0.2) is 41.9 Å². The molecule has 7 nitrogen and oxygen atoms in total. The highest BCUT2D eigenvalue weighted by Crippen LogP contribution is 2.22. The van der Waals surface area contributed by atoms with E-state index in [4.69, 9.17) is 0 Å². The molecule has 5 rings (SSSR count). The van der Waals surface area contributed by atoms with Crippen molar-refractivity contribution in [2.24, 2.45) is 0 Å². The number of ketones is 1. The molecule has 4 aromatic rings. The topological polar surface area (TPSA) is 98.7 Å². The van der Waals surface area contributed by atoms with Crippen LogP contribution in [-0.2, 0) is 0 Å². The zero-order valence-electron chi connectivity index (χ0n) is 20.6. The average molecular weight is 526 g/mol. The predicted molar refractivity (Wildman–Crippen MR) is 150 cm³/mol. The average Bonchev–Trinajstić information content (AvgIpc) is 3.50. The monoisotopic (exact) mass is 525 g/mol. The number of amides is 2. The molecule has 1 aliphatic rings. The maximum absolute atomic E-state index is 12.9. The van der Waals surface area contributed by atoms with Crippen LogP contribution in [0.25, 0.3) is 0 Å². The van der Waals surface area contributed by atoms with Crippen molar-refractivity contribution in [1.82, 2.24) is 0 Å². The van der Waals surface area contributed by atoms with Crippen LogP contribution in [0.5, 0.6) is 0 Å². The number of hydrogen-bond donors (Lipinski definition) is 3. The fourth-order valence-electron chi connectivity index (χ4n) is 4.33. The smallest absolute Gasteiger partial charge is 0.265 e. The lowest BCUT2D eigenvalue weighted by molar-refractivity contribution is 0.102. The fourth-order valence-corrected chi connectivity index (χ4v) is 4.95. The molecule has 1 aliphatic heterocycles. The molecule has 1 aromatic heterocycles. The van der Waals surface area contributed by atoms with Gasteiger partial charge in [0.15, 0.2) is 5.78 Å². The quantitative estimate of drug-likeness (QED) is 0.279. The maximum Gasteiger partial charge on any atom is 0.265 e. The fraction of sp³-hybridized carbons (Fsp3) is 0.167. The van der Waals surface area contributed by atoms with Gasteiger partial charge in [-0.2, -0.15) is 0 Å². The molecular formula is C30H27N3O4S. The summed E-state index contributed by atoms with van der Waals surface area (Å²) in [5.74, 6) is -0.569. The molecule has 2 amide bonds. The third kappa shape index (κ3) is 5.99. The first-order valence-electron chi connectivity index (χ1n) is 12.4. The number of aliphatic hydroxyl groups excluding tert-OH is 1. The Balaban J connectivity index is 1.17. The Kier molecular flexibility index (Phi) is 7.62. The molecule has 0 spiro atoms. The summed E-state index contributed by atoms with van der Waals surface area (Å²) in [5, 5.41) is 17.2. The summed E-state index contributed by atoms with van der Waals surface area (Å²) in [5.41, 5.74) is 3.77. The van der Waals surface area contributed by atoms with Crippen LogP contribution in [0.4, 0.5) is 17.1 Å². The Hall–Kier alpha value is -4.27. The third-order valence-corrected chi connectivity index (χ3v) is 7.38. The normalized spacial score (nSPS) is 13.7. The number of thiophene rings is 1. The lowest BCUT2D eigenvalue weighted by atomic mass is 10.0. The van der Waals surface area contributed by atoms with Crippen LogP contribution < -0.4 is 15.5 Å². The molecule has 1 fully saturated rings. The van der Waals surface area contributed by atoms with Crippen molar-refractivity contribution in [3.8, 4) is 0 Å². The number of carbonyl (C=O) groups excluding carboxylic acids is 3. The Morgan fingerprint density at radius 3 is 1.76 bits per heavy atom. The molecule has 0 radical (unpaired) electrons. The van der Waals surface area contributed by atoms with E-state index in [1.54, 1.807) is 66.7 Å². The van der Waals surface area contributed by atoms with Crippen molar-refractivity contribution in [3.63, 3.8) is 0 Å². The number of anilines is 3. The highest BCUT2D eigenvalue weighted by Gasteiger charge is 2.18. The van der Waals surface area contributed by atoms with Crippen LogP contribution in [0.3, 0.4) is 0 Å². The summed E-state index contributed by atoms with van der Waals surface area (Å²) in [6, 6.07) is 24.5. The number of aliphatic hydroxyl groups is 1. The van der Waals surface area contributed by atoms with E-state index in [0.29, 0.717) is 32.9 Å². The molecule has 2 heterocycles. The lowest BCUT2D eigenvalue weighted by Gasteiger charge is -2.31. The number of hydrogen-bond acceptors (Lipinski definition) is 6. The second-order valence-corrected chi connectivity index (χ2v) is 10.1. The van der Waals surface area contributed by atoms with E-state index in [1.807, 2.05) is 23.6 Å². The summed E-state index contributed by atoms with van der Waals surface area (Å²) in [4.78, 5) is 40.6. The number of benzene rings is 3.